The minimum atomic E-state index is 0.00879. The summed E-state index contributed by atoms with van der Waals surface area (Å²) in [5, 5.41) is 1.74. The Morgan fingerprint density at radius 1 is 1.04 bits per heavy atom. The smallest absolute Gasteiger partial charge is 0.200 e. The lowest BCUT2D eigenvalue weighted by atomic mass is 10.0. The van der Waals surface area contributed by atoms with Gasteiger partial charge in [-0.25, -0.2) is 0 Å². The van der Waals surface area contributed by atoms with Crippen molar-refractivity contribution < 1.29 is 4.42 Å². The third kappa shape index (κ3) is 2.16. The summed E-state index contributed by atoms with van der Waals surface area (Å²) in [5.74, 6) is 0. The maximum Gasteiger partial charge on any atom is 0.200 e. The highest BCUT2D eigenvalue weighted by Gasteiger charge is 2.11. The second-order valence-electron chi connectivity index (χ2n) is 6.07. The molecule has 3 heteroatoms. The van der Waals surface area contributed by atoms with Gasteiger partial charge in [-0.1, -0.05) is 18.2 Å². The van der Waals surface area contributed by atoms with Crippen molar-refractivity contribution in [3.63, 3.8) is 0 Å². The quantitative estimate of drug-likeness (QED) is 0.522. The maximum absolute atomic E-state index is 12.7. The van der Waals surface area contributed by atoms with Gasteiger partial charge in [0.15, 0.2) is 5.43 Å². The minimum absolute atomic E-state index is 0.00879. The lowest BCUT2D eigenvalue weighted by Gasteiger charge is -2.09. The topological polar surface area (TPSA) is 35.1 Å². The number of fused-ring (bicyclic) bond motifs is 2. The fraction of sp³-hybridized carbons (Fsp3) is 0.150. The average Bonchev–Trinajstić information content (AvgIpc) is 2.99. The molecule has 0 fully saturated rings. The maximum atomic E-state index is 12.7. The molecule has 0 saturated heterocycles. The summed E-state index contributed by atoms with van der Waals surface area (Å²) in [5.41, 5.74) is 3.29. The molecule has 0 saturated carbocycles. The Morgan fingerprint density at radius 3 is 2.70 bits per heavy atom. The van der Waals surface area contributed by atoms with Crippen LogP contribution in [0.4, 0.5) is 0 Å². The highest BCUT2D eigenvalue weighted by Crippen LogP contribution is 2.26. The van der Waals surface area contributed by atoms with E-state index in [9.17, 15) is 4.79 Å². The molecule has 0 atom stereocenters. The van der Waals surface area contributed by atoms with Gasteiger partial charge >= 0.3 is 0 Å². The van der Waals surface area contributed by atoms with E-state index in [0.717, 1.165) is 10.9 Å². The van der Waals surface area contributed by atoms with Crippen molar-refractivity contribution in [2.24, 2.45) is 0 Å². The van der Waals surface area contributed by atoms with Crippen LogP contribution in [0.3, 0.4) is 0 Å². The van der Waals surface area contributed by atoms with E-state index in [1.807, 2.05) is 24.3 Å². The molecule has 0 aliphatic rings. The zero-order valence-corrected chi connectivity index (χ0v) is 13.1. The number of benzene rings is 2. The van der Waals surface area contributed by atoms with Crippen LogP contribution in [0.25, 0.3) is 33.0 Å². The van der Waals surface area contributed by atoms with Crippen LogP contribution in [-0.4, -0.2) is 4.57 Å². The van der Waals surface area contributed by atoms with E-state index in [0.29, 0.717) is 22.6 Å². The van der Waals surface area contributed by atoms with Crippen LogP contribution in [0, 0.1) is 0 Å². The molecule has 2 aromatic carbocycles. The Bertz CT molecular complexity index is 1070. The summed E-state index contributed by atoms with van der Waals surface area (Å²) in [7, 11) is 0. The first-order valence-electron chi connectivity index (χ1n) is 7.76. The summed E-state index contributed by atoms with van der Waals surface area (Å²) >= 11 is 0. The Labute approximate surface area is 133 Å². The van der Waals surface area contributed by atoms with Crippen molar-refractivity contribution in [2.45, 2.75) is 19.9 Å². The molecule has 3 nitrogen and oxygen atoms in total. The zero-order valence-electron chi connectivity index (χ0n) is 13.1. The first-order chi connectivity index (χ1) is 11.1. The van der Waals surface area contributed by atoms with Gasteiger partial charge in [-0.15, -0.1) is 0 Å². The van der Waals surface area contributed by atoms with E-state index >= 15 is 0 Å². The highest BCUT2D eigenvalue weighted by atomic mass is 16.3. The van der Waals surface area contributed by atoms with E-state index in [-0.39, 0.29) is 5.43 Å². The third-order valence-corrected chi connectivity index (χ3v) is 4.27. The normalized spacial score (nSPS) is 11.6. The molecule has 4 rings (SSSR count). The summed E-state index contributed by atoms with van der Waals surface area (Å²) in [6.07, 6.45) is 3.65. The van der Waals surface area contributed by atoms with Crippen molar-refractivity contribution >= 4 is 21.9 Å². The molecule has 0 N–H and O–H groups in total. The van der Waals surface area contributed by atoms with Crippen LogP contribution in [-0.2, 0) is 0 Å². The van der Waals surface area contributed by atoms with Gasteiger partial charge in [-0.2, -0.15) is 0 Å². The lowest BCUT2D eigenvalue weighted by Crippen LogP contribution is -2.04. The van der Waals surface area contributed by atoms with E-state index in [1.54, 1.807) is 12.3 Å². The molecule has 0 amide bonds. The van der Waals surface area contributed by atoms with Crippen molar-refractivity contribution in [1.29, 1.82) is 0 Å². The molecule has 2 aromatic heterocycles. The van der Waals surface area contributed by atoms with Crippen molar-refractivity contribution in [1.82, 2.24) is 4.57 Å². The number of hydrogen-bond donors (Lipinski definition) is 0. The number of para-hydroxylation sites is 1. The molecular formula is C20H17NO2. The van der Waals surface area contributed by atoms with Crippen molar-refractivity contribution in [2.75, 3.05) is 0 Å². The Morgan fingerprint density at radius 2 is 1.87 bits per heavy atom. The van der Waals surface area contributed by atoms with Gasteiger partial charge in [-0.05, 0) is 49.7 Å². The second-order valence-corrected chi connectivity index (χ2v) is 6.07. The summed E-state index contributed by atoms with van der Waals surface area (Å²) in [4.78, 5) is 12.7. The first-order valence-corrected chi connectivity index (χ1v) is 7.76. The summed E-state index contributed by atoms with van der Waals surface area (Å²) < 4.78 is 7.85. The van der Waals surface area contributed by atoms with Gasteiger partial charge < -0.3 is 8.98 Å². The van der Waals surface area contributed by atoms with Crippen LogP contribution in [0.1, 0.15) is 19.9 Å². The molecule has 114 valence electrons. The largest absolute Gasteiger partial charge is 0.463 e. The zero-order chi connectivity index (χ0) is 16.0. The standard InChI is InChI=1S/C20H17NO2/c1-13(2)21-10-9-15-11-14(7-8-18(15)21)17-12-23-19-6-4-3-5-16(19)20(17)22/h3-13H,1-2H3. The van der Waals surface area contributed by atoms with E-state index < -0.39 is 0 Å². The average molecular weight is 303 g/mol. The lowest BCUT2D eigenvalue weighted by molar-refractivity contribution is 0.604. The van der Waals surface area contributed by atoms with Crippen molar-refractivity contribution in [3.8, 4) is 11.1 Å². The summed E-state index contributed by atoms with van der Waals surface area (Å²) in [6.45, 7) is 4.32. The number of nitrogens with zero attached hydrogens (tertiary/aromatic N) is 1. The fourth-order valence-corrected chi connectivity index (χ4v) is 3.06. The van der Waals surface area contributed by atoms with E-state index in [2.05, 4.69) is 42.8 Å². The monoisotopic (exact) mass is 303 g/mol. The fourth-order valence-electron chi connectivity index (χ4n) is 3.06. The molecule has 4 aromatic rings. The number of aromatic nitrogens is 1. The molecular weight excluding hydrogens is 286 g/mol. The van der Waals surface area contributed by atoms with Gasteiger partial charge in [-0.3, -0.25) is 4.79 Å². The van der Waals surface area contributed by atoms with E-state index in [1.165, 1.54) is 5.52 Å². The van der Waals surface area contributed by atoms with Gasteiger partial charge in [0.05, 0.1) is 10.9 Å². The predicted molar refractivity (Wildman–Crippen MR) is 93.8 cm³/mol. The first kappa shape index (κ1) is 13.8. The number of rotatable bonds is 2. The minimum Gasteiger partial charge on any atom is -0.463 e. The SMILES string of the molecule is CC(C)n1ccc2cc(-c3coc4ccccc4c3=O)ccc21. The summed E-state index contributed by atoms with van der Waals surface area (Å²) in [6, 6.07) is 15.9. The Hall–Kier alpha value is -2.81. The molecule has 0 aliphatic carbocycles. The Kier molecular flexibility index (Phi) is 3.08. The van der Waals surface area contributed by atoms with Gasteiger partial charge in [0.1, 0.15) is 11.8 Å². The molecule has 0 aliphatic heterocycles. The molecule has 0 unspecified atom stereocenters. The van der Waals surface area contributed by atoms with Crippen LogP contribution >= 0.6 is 0 Å². The van der Waals surface area contributed by atoms with Crippen molar-refractivity contribution in [3.05, 3.63) is 71.2 Å². The van der Waals surface area contributed by atoms with Crippen LogP contribution < -0.4 is 5.43 Å². The van der Waals surface area contributed by atoms with Gasteiger partial charge in [0, 0.05) is 23.1 Å². The van der Waals surface area contributed by atoms with Crippen LogP contribution in [0.5, 0.6) is 0 Å². The molecule has 0 spiro atoms. The second kappa shape index (κ2) is 5.13. The Balaban J connectivity index is 1.92. The molecule has 23 heavy (non-hydrogen) atoms. The predicted octanol–water partition coefficient (Wildman–Crippen LogP) is 5.00. The van der Waals surface area contributed by atoms with Gasteiger partial charge in [0.25, 0.3) is 0 Å². The molecule has 2 heterocycles. The number of hydrogen-bond acceptors (Lipinski definition) is 2. The molecule has 0 bridgehead atoms. The van der Waals surface area contributed by atoms with Crippen LogP contribution in [0.2, 0.25) is 0 Å². The molecule has 0 radical (unpaired) electrons. The van der Waals surface area contributed by atoms with Crippen LogP contribution in [0.15, 0.2) is 70.2 Å². The third-order valence-electron chi connectivity index (χ3n) is 4.27. The van der Waals surface area contributed by atoms with Gasteiger partial charge in [0.2, 0.25) is 0 Å². The van der Waals surface area contributed by atoms with E-state index in [4.69, 9.17) is 4.42 Å². The highest BCUT2D eigenvalue weighted by molar-refractivity contribution is 5.87.